The molecule has 0 saturated carbocycles. The van der Waals surface area contributed by atoms with Gasteiger partial charge in [-0.3, -0.25) is 9.69 Å². The van der Waals surface area contributed by atoms with Gasteiger partial charge in [0, 0.05) is 0 Å². The SMILES string of the molecule is O=C(Oc1cccc(/C=C2/SC(=S)N(c3ccccc3)C2=O)c1)c1ccco1. The average Bonchev–Trinajstić information content (AvgIpc) is 3.32. The minimum Gasteiger partial charge on any atom is -0.457 e. The Hall–Kier alpha value is -3.16. The zero-order valence-electron chi connectivity index (χ0n) is 14.4. The Morgan fingerprint density at radius 2 is 1.89 bits per heavy atom. The predicted octanol–water partition coefficient (Wildman–Crippen LogP) is 4.90. The van der Waals surface area contributed by atoms with Gasteiger partial charge in [0.1, 0.15) is 5.75 Å². The lowest BCUT2D eigenvalue weighted by Crippen LogP contribution is -2.27. The molecule has 1 aliphatic rings. The molecule has 138 valence electrons. The summed E-state index contributed by atoms with van der Waals surface area (Å²) in [5, 5.41) is 0. The van der Waals surface area contributed by atoms with E-state index in [2.05, 4.69) is 0 Å². The van der Waals surface area contributed by atoms with Crippen LogP contribution in [0.3, 0.4) is 0 Å². The summed E-state index contributed by atoms with van der Waals surface area (Å²) in [7, 11) is 0. The number of ether oxygens (including phenoxy) is 1. The van der Waals surface area contributed by atoms with Crippen molar-refractivity contribution in [1.82, 2.24) is 0 Å². The fourth-order valence-corrected chi connectivity index (χ4v) is 3.94. The maximum atomic E-state index is 12.8. The van der Waals surface area contributed by atoms with Crippen LogP contribution in [0.5, 0.6) is 5.75 Å². The fraction of sp³-hybridized carbons (Fsp3) is 0. The largest absolute Gasteiger partial charge is 0.457 e. The van der Waals surface area contributed by atoms with Crippen molar-refractivity contribution in [2.45, 2.75) is 0 Å². The van der Waals surface area contributed by atoms with Crippen molar-refractivity contribution < 1.29 is 18.7 Å². The van der Waals surface area contributed by atoms with E-state index in [4.69, 9.17) is 21.4 Å². The number of rotatable bonds is 4. The lowest BCUT2D eigenvalue weighted by Gasteiger charge is -2.13. The third-order valence-electron chi connectivity index (χ3n) is 3.90. The molecule has 5 nitrogen and oxygen atoms in total. The molecule has 1 aliphatic heterocycles. The first-order valence-electron chi connectivity index (χ1n) is 8.30. The van der Waals surface area contributed by atoms with Gasteiger partial charge in [-0.15, -0.1) is 0 Å². The van der Waals surface area contributed by atoms with Crippen molar-refractivity contribution >= 4 is 51.9 Å². The van der Waals surface area contributed by atoms with E-state index in [0.717, 1.165) is 11.3 Å². The van der Waals surface area contributed by atoms with E-state index in [1.165, 1.54) is 29.0 Å². The summed E-state index contributed by atoms with van der Waals surface area (Å²) >= 11 is 6.60. The Morgan fingerprint density at radius 3 is 2.64 bits per heavy atom. The molecule has 3 aromatic rings. The van der Waals surface area contributed by atoms with E-state index >= 15 is 0 Å². The number of hydrogen-bond donors (Lipinski definition) is 0. The number of hydrogen-bond acceptors (Lipinski definition) is 6. The monoisotopic (exact) mass is 407 g/mol. The van der Waals surface area contributed by atoms with Crippen LogP contribution in [0.2, 0.25) is 0 Å². The highest BCUT2D eigenvalue weighted by molar-refractivity contribution is 8.27. The number of anilines is 1. The summed E-state index contributed by atoms with van der Waals surface area (Å²) in [6.07, 6.45) is 3.13. The first-order chi connectivity index (χ1) is 13.6. The molecule has 2 heterocycles. The maximum Gasteiger partial charge on any atom is 0.379 e. The van der Waals surface area contributed by atoms with Gasteiger partial charge in [-0.2, -0.15) is 0 Å². The van der Waals surface area contributed by atoms with E-state index in [9.17, 15) is 9.59 Å². The van der Waals surface area contributed by atoms with Gasteiger partial charge in [-0.25, -0.2) is 4.79 Å². The number of esters is 1. The molecular formula is C21H13NO4S2. The average molecular weight is 407 g/mol. The number of nitrogens with zero attached hydrogens (tertiary/aromatic N) is 1. The molecule has 4 rings (SSSR count). The summed E-state index contributed by atoms with van der Waals surface area (Å²) in [6, 6.07) is 19.3. The van der Waals surface area contributed by atoms with Gasteiger partial charge in [0.25, 0.3) is 5.91 Å². The van der Waals surface area contributed by atoms with Crippen LogP contribution in [-0.2, 0) is 4.79 Å². The highest BCUT2D eigenvalue weighted by Gasteiger charge is 2.33. The zero-order valence-corrected chi connectivity index (χ0v) is 16.0. The lowest BCUT2D eigenvalue weighted by molar-refractivity contribution is -0.113. The normalized spacial score (nSPS) is 15.3. The van der Waals surface area contributed by atoms with Crippen LogP contribution in [0.15, 0.2) is 82.3 Å². The molecule has 0 radical (unpaired) electrons. The number of para-hydroxylation sites is 1. The van der Waals surface area contributed by atoms with E-state index in [0.29, 0.717) is 15.0 Å². The van der Waals surface area contributed by atoms with Crippen LogP contribution in [-0.4, -0.2) is 16.2 Å². The molecule has 0 bridgehead atoms. The van der Waals surface area contributed by atoms with Crippen LogP contribution in [0.1, 0.15) is 16.1 Å². The number of thiocarbonyl (C=S) groups is 1. The van der Waals surface area contributed by atoms with Crippen LogP contribution < -0.4 is 9.64 Å². The second kappa shape index (κ2) is 7.84. The quantitative estimate of drug-likeness (QED) is 0.265. The van der Waals surface area contributed by atoms with Gasteiger partial charge in [0.05, 0.1) is 16.9 Å². The molecule has 7 heteroatoms. The third kappa shape index (κ3) is 3.76. The number of furan rings is 1. The molecule has 1 aromatic heterocycles. The number of amides is 1. The van der Waals surface area contributed by atoms with Crippen molar-refractivity contribution in [3.8, 4) is 5.75 Å². The predicted molar refractivity (Wildman–Crippen MR) is 112 cm³/mol. The zero-order chi connectivity index (χ0) is 19.5. The van der Waals surface area contributed by atoms with Crippen molar-refractivity contribution in [2.75, 3.05) is 4.90 Å². The smallest absolute Gasteiger partial charge is 0.379 e. The minimum absolute atomic E-state index is 0.120. The topological polar surface area (TPSA) is 59.8 Å². The minimum atomic E-state index is -0.586. The summed E-state index contributed by atoms with van der Waals surface area (Å²) in [4.78, 5) is 26.8. The molecule has 0 N–H and O–H groups in total. The molecule has 1 amide bonds. The van der Waals surface area contributed by atoms with Gasteiger partial charge in [-0.05, 0) is 48.0 Å². The fourth-order valence-electron chi connectivity index (χ4n) is 2.64. The summed E-state index contributed by atoms with van der Waals surface area (Å²) in [5.41, 5.74) is 1.45. The Morgan fingerprint density at radius 1 is 1.07 bits per heavy atom. The molecular weight excluding hydrogens is 394 g/mol. The Kier molecular flexibility index (Phi) is 5.10. The van der Waals surface area contributed by atoms with Crippen LogP contribution in [0.4, 0.5) is 5.69 Å². The van der Waals surface area contributed by atoms with Gasteiger partial charge in [-0.1, -0.05) is 54.3 Å². The molecule has 0 atom stereocenters. The molecule has 2 aromatic carbocycles. The van der Waals surface area contributed by atoms with Crippen molar-refractivity contribution in [1.29, 1.82) is 0 Å². The van der Waals surface area contributed by atoms with Gasteiger partial charge < -0.3 is 9.15 Å². The first kappa shape index (κ1) is 18.2. The van der Waals surface area contributed by atoms with E-state index in [-0.39, 0.29) is 11.7 Å². The van der Waals surface area contributed by atoms with Crippen molar-refractivity contribution in [2.24, 2.45) is 0 Å². The third-order valence-corrected chi connectivity index (χ3v) is 5.20. The second-order valence-corrected chi connectivity index (χ2v) is 7.47. The molecule has 0 unspecified atom stereocenters. The Balaban J connectivity index is 1.55. The Labute approximate surface area is 170 Å². The maximum absolute atomic E-state index is 12.8. The first-order valence-corrected chi connectivity index (χ1v) is 9.53. The standard InChI is InChI=1S/C21H13NO4S2/c23-19-18(28-21(27)22(19)15-7-2-1-3-8-15)13-14-6-4-9-16(12-14)26-20(24)17-10-5-11-25-17/h1-13H/b18-13+. The molecule has 28 heavy (non-hydrogen) atoms. The number of benzene rings is 2. The van der Waals surface area contributed by atoms with Gasteiger partial charge >= 0.3 is 5.97 Å². The van der Waals surface area contributed by atoms with E-state index in [1.807, 2.05) is 36.4 Å². The number of thioether (sulfide) groups is 1. The highest BCUT2D eigenvalue weighted by atomic mass is 32.2. The summed E-state index contributed by atoms with van der Waals surface area (Å²) < 4.78 is 10.8. The molecule has 1 saturated heterocycles. The Bertz CT molecular complexity index is 1070. The van der Waals surface area contributed by atoms with Gasteiger partial charge in [0.15, 0.2) is 4.32 Å². The van der Waals surface area contributed by atoms with Crippen LogP contribution in [0.25, 0.3) is 6.08 Å². The number of carbonyl (C=O) groups is 2. The highest BCUT2D eigenvalue weighted by Crippen LogP contribution is 2.36. The van der Waals surface area contributed by atoms with E-state index in [1.54, 1.807) is 30.3 Å². The lowest BCUT2D eigenvalue weighted by atomic mass is 10.2. The van der Waals surface area contributed by atoms with E-state index < -0.39 is 5.97 Å². The number of carbonyl (C=O) groups excluding carboxylic acids is 2. The summed E-state index contributed by atoms with van der Waals surface area (Å²) in [6.45, 7) is 0. The molecule has 0 spiro atoms. The summed E-state index contributed by atoms with van der Waals surface area (Å²) in [5.74, 6) is -0.292. The van der Waals surface area contributed by atoms with Gasteiger partial charge in [0.2, 0.25) is 5.76 Å². The van der Waals surface area contributed by atoms with Crippen LogP contribution >= 0.6 is 24.0 Å². The van der Waals surface area contributed by atoms with Crippen molar-refractivity contribution in [3.63, 3.8) is 0 Å². The van der Waals surface area contributed by atoms with Crippen LogP contribution in [0, 0.1) is 0 Å². The second-order valence-electron chi connectivity index (χ2n) is 5.79. The van der Waals surface area contributed by atoms with Crippen molar-refractivity contribution in [3.05, 3.63) is 89.2 Å². The molecule has 1 fully saturated rings. The molecule has 0 aliphatic carbocycles.